The highest BCUT2D eigenvalue weighted by Gasteiger charge is 2.28. The Morgan fingerprint density at radius 1 is 1.29 bits per heavy atom. The quantitative estimate of drug-likeness (QED) is 0.786. The molecule has 2 N–H and O–H groups in total. The summed E-state index contributed by atoms with van der Waals surface area (Å²) < 4.78 is 2.00. The van der Waals surface area contributed by atoms with E-state index >= 15 is 0 Å². The van der Waals surface area contributed by atoms with Crippen LogP contribution in [0.5, 0.6) is 0 Å². The number of carbonyl (C=O) groups is 2. The molecule has 0 spiro atoms. The van der Waals surface area contributed by atoms with E-state index in [-0.39, 0.29) is 5.91 Å². The Morgan fingerprint density at radius 3 is 2.58 bits per heavy atom. The number of rotatable bonds is 8. The zero-order valence-electron chi connectivity index (χ0n) is 14.9. The van der Waals surface area contributed by atoms with Crippen LogP contribution in [0, 0.1) is 11.8 Å². The first-order valence-electron chi connectivity index (χ1n) is 8.99. The maximum atomic E-state index is 12.2. The normalized spacial score (nSPS) is 18.4. The number of piperidine rings is 1. The van der Waals surface area contributed by atoms with Gasteiger partial charge in [0.05, 0.1) is 12.4 Å². The highest BCUT2D eigenvalue weighted by molar-refractivity contribution is 5.81. The number of hydrogen-bond acceptors (Lipinski definition) is 4. The van der Waals surface area contributed by atoms with Gasteiger partial charge >= 0.3 is 0 Å². The van der Waals surface area contributed by atoms with E-state index in [1.807, 2.05) is 15.7 Å². The van der Waals surface area contributed by atoms with Crippen molar-refractivity contribution in [1.29, 1.82) is 0 Å². The van der Waals surface area contributed by atoms with Crippen molar-refractivity contribution in [1.82, 2.24) is 14.5 Å². The first kappa shape index (κ1) is 18.6. The first-order chi connectivity index (χ1) is 11.5. The van der Waals surface area contributed by atoms with Gasteiger partial charge in [-0.15, -0.1) is 0 Å². The lowest BCUT2D eigenvalue weighted by molar-refractivity contribution is -0.134. The zero-order chi connectivity index (χ0) is 17.5. The summed E-state index contributed by atoms with van der Waals surface area (Å²) in [6, 6.07) is -0.420. The Morgan fingerprint density at radius 2 is 2.00 bits per heavy atom. The smallest absolute Gasteiger partial charge is 0.239 e. The highest BCUT2D eigenvalue weighted by atomic mass is 16.2. The summed E-state index contributed by atoms with van der Waals surface area (Å²) in [7, 11) is 0. The number of carbonyl (C=O) groups excluding carboxylic acids is 2. The number of nitrogens with two attached hydrogens (primary N) is 1. The van der Waals surface area contributed by atoms with Crippen LogP contribution in [0.3, 0.4) is 0 Å². The van der Waals surface area contributed by atoms with Gasteiger partial charge < -0.3 is 15.2 Å². The predicted molar refractivity (Wildman–Crippen MR) is 93.2 cm³/mol. The summed E-state index contributed by atoms with van der Waals surface area (Å²) in [6.07, 6.45) is 9.55. The van der Waals surface area contributed by atoms with Crippen molar-refractivity contribution < 1.29 is 9.59 Å². The van der Waals surface area contributed by atoms with Gasteiger partial charge in [-0.1, -0.05) is 6.92 Å². The van der Waals surface area contributed by atoms with Gasteiger partial charge in [0.2, 0.25) is 5.91 Å². The highest BCUT2D eigenvalue weighted by Crippen LogP contribution is 2.28. The molecule has 1 aromatic heterocycles. The van der Waals surface area contributed by atoms with Gasteiger partial charge in [-0.2, -0.15) is 0 Å². The Hall–Kier alpha value is -1.69. The van der Waals surface area contributed by atoms with Crippen LogP contribution in [0.2, 0.25) is 0 Å². The van der Waals surface area contributed by atoms with E-state index in [0.717, 1.165) is 38.9 Å². The molecule has 1 unspecified atom stereocenters. The predicted octanol–water partition coefficient (Wildman–Crippen LogP) is 1.84. The fourth-order valence-electron chi connectivity index (χ4n) is 3.48. The maximum Gasteiger partial charge on any atom is 0.239 e. The Labute approximate surface area is 144 Å². The Kier molecular flexibility index (Phi) is 6.97. The van der Waals surface area contributed by atoms with Crippen LogP contribution in [0.25, 0.3) is 0 Å². The van der Waals surface area contributed by atoms with Crippen molar-refractivity contribution in [3.05, 3.63) is 18.7 Å². The third-order valence-corrected chi connectivity index (χ3v) is 5.03. The van der Waals surface area contributed by atoms with Crippen LogP contribution in [0.15, 0.2) is 18.7 Å². The van der Waals surface area contributed by atoms with Crippen molar-refractivity contribution in [3.63, 3.8) is 0 Å². The molecule has 6 nitrogen and oxygen atoms in total. The van der Waals surface area contributed by atoms with E-state index in [1.54, 1.807) is 19.4 Å². The average molecular weight is 334 g/mol. The summed E-state index contributed by atoms with van der Waals surface area (Å²) in [5, 5.41) is 0. The van der Waals surface area contributed by atoms with Crippen molar-refractivity contribution in [2.45, 2.75) is 58.5 Å². The molecule has 2 atom stereocenters. The molecule has 0 saturated carbocycles. The molecule has 2 rings (SSSR count). The van der Waals surface area contributed by atoms with E-state index in [0.29, 0.717) is 30.5 Å². The molecule has 1 fully saturated rings. The van der Waals surface area contributed by atoms with Gasteiger partial charge in [-0.25, -0.2) is 4.98 Å². The molecule has 24 heavy (non-hydrogen) atoms. The van der Waals surface area contributed by atoms with E-state index in [9.17, 15) is 9.59 Å². The van der Waals surface area contributed by atoms with Gasteiger partial charge in [-0.3, -0.25) is 9.59 Å². The Balaban J connectivity index is 1.66. The molecule has 0 bridgehead atoms. The molecular formula is C18H30N4O2. The second-order valence-corrected chi connectivity index (χ2v) is 7.08. The largest absolute Gasteiger partial charge is 0.341 e. The topological polar surface area (TPSA) is 81.2 Å². The van der Waals surface area contributed by atoms with E-state index in [1.165, 1.54) is 0 Å². The number of nitrogens with zero attached hydrogens (tertiary/aromatic N) is 3. The lowest BCUT2D eigenvalue weighted by Crippen LogP contribution is -2.46. The second-order valence-electron chi connectivity index (χ2n) is 7.08. The summed E-state index contributed by atoms with van der Waals surface area (Å²) in [5.41, 5.74) is 5.67. The lowest BCUT2D eigenvalue weighted by atomic mass is 9.82. The lowest BCUT2D eigenvalue weighted by Gasteiger charge is -2.35. The van der Waals surface area contributed by atoms with Gasteiger partial charge in [0.15, 0.2) is 0 Å². The number of aromatic nitrogens is 2. The number of imidazole rings is 1. The fourth-order valence-corrected chi connectivity index (χ4v) is 3.48. The van der Waals surface area contributed by atoms with E-state index in [2.05, 4.69) is 11.9 Å². The van der Waals surface area contributed by atoms with Crippen LogP contribution in [-0.4, -0.2) is 45.3 Å². The van der Waals surface area contributed by atoms with Gasteiger partial charge in [0, 0.05) is 44.9 Å². The number of Topliss-reactive ketones (excluding diaryl/α,β-unsaturated/α-hetero) is 1. The van der Waals surface area contributed by atoms with Crippen LogP contribution < -0.4 is 5.73 Å². The van der Waals surface area contributed by atoms with Crippen LogP contribution in [-0.2, 0) is 16.1 Å². The minimum Gasteiger partial charge on any atom is -0.341 e. The maximum absolute atomic E-state index is 12.2. The molecule has 1 saturated heterocycles. The summed E-state index contributed by atoms with van der Waals surface area (Å²) >= 11 is 0. The Bertz CT molecular complexity index is 519. The second kappa shape index (κ2) is 8.97. The van der Waals surface area contributed by atoms with Gasteiger partial charge in [0.25, 0.3) is 0 Å². The molecule has 134 valence electrons. The monoisotopic (exact) mass is 334 g/mol. The molecule has 0 aliphatic carbocycles. The number of ketones is 1. The van der Waals surface area contributed by atoms with Gasteiger partial charge in [0.1, 0.15) is 5.78 Å². The van der Waals surface area contributed by atoms with Crippen LogP contribution in [0.4, 0.5) is 0 Å². The molecule has 0 radical (unpaired) electrons. The number of hydrogen-bond donors (Lipinski definition) is 1. The van der Waals surface area contributed by atoms with Crippen molar-refractivity contribution in [2.75, 3.05) is 13.1 Å². The zero-order valence-corrected chi connectivity index (χ0v) is 14.9. The number of likely N-dealkylation sites (tertiary alicyclic amines) is 1. The molecule has 6 heteroatoms. The molecule has 1 aliphatic heterocycles. The van der Waals surface area contributed by atoms with Crippen molar-refractivity contribution in [3.8, 4) is 0 Å². The molecular weight excluding hydrogens is 304 g/mol. The van der Waals surface area contributed by atoms with E-state index < -0.39 is 6.04 Å². The number of aryl methyl sites for hydroxylation is 1. The molecule has 1 amide bonds. The number of amides is 1. The minimum absolute atomic E-state index is 0.0386. The summed E-state index contributed by atoms with van der Waals surface area (Å²) in [4.78, 5) is 30.0. The average Bonchev–Trinajstić information content (AvgIpc) is 3.07. The first-order valence-corrected chi connectivity index (χ1v) is 8.99. The molecule has 1 aliphatic rings. The summed E-state index contributed by atoms with van der Waals surface area (Å²) in [5.74, 6) is 1.30. The molecule has 2 heterocycles. The van der Waals surface area contributed by atoms with Crippen molar-refractivity contribution >= 4 is 11.7 Å². The van der Waals surface area contributed by atoms with Gasteiger partial charge in [-0.05, 0) is 38.0 Å². The minimum atomic E-state index is -0.420. The standard InChI is InChI=1S/C18H30N4O2/c1-14(12-17(23)4-3-8-21-11-7-20-13-21)16-5-9-22(10-6-16)18(24)15(2)19/h7,11,13-16H,3-6,8-10,12,19H2,1-2H3/t14?,15-/m0/s1. The molecule has 0 aromatic carbocycles. The van der Waals surface area contributed by atoms with Crippen LogP contribution >= 0.6 is 0 Å². The third-order valence-electron chi connectivity index (χ3n) is 5.03. The SMILES string of the molecule is CC(CC(=O)CCCn1ccnc1)C1CCN(C(=O)[C@H](C)N)CC1. The fraction of sp³-hybridized carbons (Fsp3) is 0.722. The molecule has 1 aromatic rings. The van der Waals surface area contributed by atoms with E-state index in [4.69, 9.17) is 5.73 Å². The van der Waals surface area contributed by atoms with Crippen molar-refractivity contribution in [2.24, 2.45) is 17.6 Å². The third kappa shape index (κ3) is 5.44. The van der Waals surface area contributed by atoms with Crippen LogP contribution in [0.1, 0.15) is 46.0 Å². The summed E-state index contributed by atoms with van der Waals surface area (Å²) in [6.45, 7) is 6.28.